The maximum Gasteiger partial charge on any atom is 0.281 e. The molecule has 2 rings (SSSR count). The van der Waals surface area contributed by atoms with E-state index < -0.39 is 10.2 Å². The molecule has 1 aliphatic rings. The molecule has 0 radical (unpaired) electrons. The maximum absolute atomic E-state index is 12.4. The Bertz CT molecular complexity index is 512. The molecule has 120 valence electrons. The first-order chi connectivity index (χ1) is 10.00. The lowest BCUT2D eigenvalue weighted by Gasteiger charge is -2.24. The number of hydrogen-bond donors (Lipinski definition) is 1. The Morgan fingerprint density at radius 2 is 2.00 bits per heavy atom. The molecule has 0 unspecified atom stereocenters. The van der Waals surface area contributed by atoms with Gasteiger partial charge in [-0.25, -0.2) is 0 Å². The van der Waals surface area contributed by atoms with Crippen LogP contribution in [-0.4, -0.2) is 56.8 Å². The molecule has 1 aromatic rings. The minimum absolute atomic E-state index is 0.521. The van der Waals surface area contributed by atoms with Gasteiger partial charge in [0.2, 0.25) is 0 Å². The zero-order valence-electron chi connectivity index (χ0n) is 12.8. The highest BCUT2D eigenvalue weighted by molar-refractivity contribution is 7.86. The first-order valence-electron chi connectivity index (χ1n) is 7.43. The molecular formula is C14H25N3O2S2. The standard InChI is InChI=1S/C14H25N3O2S2/c1-16(10-4-9-15-13-6-7-13)21(18,19)17(2)11-8-14-5-3-12-20-14/h3,5,12-13,15H,4,6-11H2,1-2H3. The van der Waals surface area contributed by atoms with Crippen LogP contribution < -0.4 is 5.32 Å². The van der Waals surface area contributed by atoms with Gasteiger partial charge in [0, 0.05) is 38.1 Å². The third-order valence-electron chi connectivity index (χ3n) is 3.70. The van der Waals surface area contributed by atoms with E-state index in [1.807, 2.05) is 17.5 Å². The quantitative estimate of drug-likeness (QED) is 0.662. The van der Waals surface area contributed by atoms with E-state index in [2.05, 4.69) is 5.32 Å². The maximum atomic E-state index is 12.4. The molecule has 5 nitrogen and oxygen atoms in total. The van der Waals surface area contributed by atoms with Crippen molar-refractivity contribution in [3.63, 3.8) is 0 Å². The van der Waals surface area contributed by atoms with Gasteiger partial charge in [0.1, 0.15) is 0 Å². The average Bonchev–Trinajstić information content (AvgIpc) is 3.13. The predicted molar refractivity (Wildman–Crippen MR) is 87.8 cm³/mol. The van der Waals surface area contributed by atoms with Crippen molar-refractivity contribution >= 4 is 21.5 Å². The molecule has 0 spiro atoms. The zero-order chi connectivity index (χ0) is 15.3. The van der Waals surface area contributed by atoms with Crippen molar-refractivity contribution in [2.75, 3.05) is 33.7 Å². The van der Waals surface area contributed by atoms with Crippen molar-refractivity contribution in [2.45, 2.75) is 31.7 Å². The smallest absolute Gasteiger partial charge is 0.281 e. The molecule has 1 fully saturated rings. The van der Waals surface area contributed by atoms with E-state index in [4.69, 9.17) is 0 Å². The molecule has 1 heterocycles. The molecule has 0 bridgehead atoms. The van der Waals surface area contributed by atoms with Crippen molar-refractivity contribution < 1.29 is 8.42 Å². The first kappa shape index (κ1) is 16.9. The van der Waals surface area contributed by atoms with E-state index in [1.165, 1.54) is 26.3 Å². The fourth-order valence-electron chi connectivity index (χ4n) is 2.09. The van der Waals surface area contributed by atoms with Gasteiger partial charge in [0.05, 0.1) is 0 Å². The van der Waals surface area contributed by atoms with Crippen molar-refractivity contribution in [3.05, 3.63) is 22.4 Å². The summed E-state index contributed by atoms with van der Waals surface area (Å²) >= 11 is 1.67. The second-order valence-electron chi connectivity index (χ2n) is 5.56. The molecule has 0 atom stereocenters. The summed E-state index contributed by atoms with van der Waals surface area (Å²) in [5, 5.41) is 5.42. The van der Waals surface area contributed by atoms with Gasteiger partial charge >= 0.3 is 0 Å². The van der Waals surface area contributed by atoms with Gasteiger partial charge < -0.3 is 5.32 Å². The molecule has 1 saturated carbocycles. The molecular weight excluding hydrogens is 306 g/mol. The normalized spacial score (nSPS) is 16.0. The molecule has 0 saturated heterocycles. The lowest BCUT2D eigenvalue weighted by Crippen LogP contribution is -2.41. The SMILES string of the molecule is CN(CCCNC1CC1)S(=O)(=O)N(C)CCc1cccs1. The van der Waals surface area contributed by atoms with Crippen LogP contribution in [0.15, 0.2) is 17.5 Å². The summed E-state index contributed by atoms with van der Waals surface area (Å²) in [6.45, 7) is 1.97. The summed E-state index contributed by atoms with van der Waals surface area (Å²) in [4.78, 5) is 1.22. The molecule has 1 aromatic heterocycles. The number of nitrogens with zero attached hydrogens (tertiary/aromatic N) is 2. The molecule has 0 amide bonds. The number of thiophene rings is 1. The van der Waals surface area contributed by atoms with Crippen LogP contribution in [-0.2, 0) is 16.6 Å². The Kier molecular flexibility index (Phi) is 6.19. The summed E-state index contributed by atoms with van der Waals surface area (Å²) in [5.41, 5.74) is 0. The average molecular weight is 332 g/mol. The molecule has 0 aromatic carbocycles. The summed E-state index contributed by atoms with van der Waals surface area (Å²) < 4.78 is 27.6. The highest BCUT2D eigenvalue weighted by Crippen LogP contribution is 2.18. The van der Waals surface area contributed by atoms with E-state index in [0.29, 0.717) is 19.1 Å². The van der Waals surface area contributed by atoms with Crippen LogP contribution in [0.2, 0.25) is 0 Å². The lowest BCUT2D eigenvalue weighted by molar-refractivity contribution is 0.388. The molecule has 1 aliphatic carbocycles. The highest BCUT2D eigenvalue weighted by atomic mass is 32.2. The van der Waals surface area contributed by atoms with Crippen LogP contribution in [0.1, 0.15) is 24.1 Å². The fraction of sp³-hybridized carbons (Fsp3) is 0.714. The number of hydrogen-bond acceptors (Lipinski definition) is 4. The molecule has 21 heavy (non-hydrogen) atoms. The topological polar surface area (TPSA) is 52.7 Å². The van der Waals surface area contributed by atoms with Crippen LogP contribution in [0.4, 0.5) is 0 Å². The molecule has 0 aliphatic heterocycles. The van der Waals surface area contributed by atoms with Crippen molar-refractivity contribution in [3.8, 4) is 0 Å². The summed E-state index contributed by atoms with van der Waals surface area (Å²) in [6.07, 6.45) is 4.15. The summed E-state index contributed by atoms with van der Waals surface area (Å²) in [6, 6.07) is 4.71. The Morgan fingerprint density at radius 3 is 2.62 bits per heavy atom. The third kappa shape index (κ3) is 5.34. The van der Waals surface area contributed by atoms with Crippen LogP contribution in [0.25, 0.3) is 0 Å². The zero-order valence-corrected chi connectivity index (χ0v) is 14.4. The number of likely N-dealkylation sites (N-methyl/N-ethyl adjacent to an activating group) is 1. The summed E-state index contributed by atoms with van der Waals surface area (Å²) in [5.74, 6) is 0. The number of rotatable bonds is 10. The van der Waals surface area contributed by atoms with Gasteiger partial charge in [-0.3, -0.25) is 0 Å². The van der Waals surface area contributed by atoms with Gasteiger partial charge in [-0.05, 0) is 43.7 Å². The van der Waals surface area contributed by atoms with Gasteiger partial charge in [-0.15, -0.1) is 11.3 Å². The van der Waals surface area contributed by atoms with Crippen molar-refractivity contribution in [2.24, 2.45) is 0 Å². The minimum Gasteiger partial charge on any atom is -0.314 e. The van der Waals surface area contributed by atoms with Crippen LogP contribution in [0, 0.1) is 0 Å². The lowest BCUT2D eigenvalue weighted by atomic mass is 10.3. The van der Waals surface area contributed by atoms with Gasteiger partial charge in [-0.1, -0.05) is 6.07 Å². The minimum atomic E-state index is -3.33. The van der Waals surface area contributed by atoms with E-state index >= 15 is 0 Å². The Hall–Kier alpha value is -0.470. The second-order valence-corrected chi connectivity index (χ2v) is 8.74. The van der Waals surface area contributed by atoms with Crippen molar-refractivity contribution in [1.29, 1.82) is 0 Å². The second kappa shape index (κ2) is 7.69. The van der Waals surface area contributed by atoms with E-state index in [9.17, 15) is 8.42 Å². The van der Waals surface area contributed by atoms with E-state index in [1.54, 1.807) is 25.4 Å². The van der Waals surface area contributed by atoms with E-state index in [-0.39, 0.29) is 0 Å². The fourth-order valence-corrected chi connectivity index (χ4v) is 3.94. The Balaban J connectivity index is 1.72. The van der Waals surface area contributed by atoms with Crippen molar-refractivity contribution in [1.82, 2.24) is 13.9 Å². The van der Waals surface area contributed by atoms with Gasteiger partial charge in [0.15, 0.2) is 0 Å². The van der Waals surface area contributed by atoms with Gasteiger partial charge in [0.25, 0.3) is 10.2 Å². The third-order valence-corrected chi connectivity index (χ3v) is 6.58. The highest BCUT2D eigenvalue weighted by Gasteiger charge is 2.24. The first-order valence-corrected chi connectivity index (χ1v) is 9.71. The Morgan fingerprint density at radius 1 is 1.29 bits per heavy atom. The molecule has 1 N–H and O–H groups in total. The monoisotopic (exact) mass is 331 g/mol. The van der Waals surface area contributed by atoms with Crippen LogP contribution in [0.5, 0.6) is 0 Å². The van der Waals surface area contributed by atoms with Gasteiger partial charge in [-0.2, -0.15) is 17.0 Å². The van der Waals surface area contributed by atoms with Crippen LogP contribution in [0.3, 0.4) is 0 Å². The number of nitrogens with one attached hydrogen (secondary N) is 1. The largest absolute Gasteiger partial charge is 0.314 e. The predicted octanol–water partition coefficient (Wildman–Crippen LogP) is 1.54. The summed E-state index contributed by atoms with van der Waals surface area (Å²) in [7, 11) is -0.0183. The van der Waals surface area contributed by atoms with E-state index in [0.717, 1.165) is 19.4 Å². The molecule has 7 heteroatoms. The van der Waals surface area contributed by atoms with Crippen LogP contribution >= 0.6 is 11.3 Å². The Labute approximate surface area is 132 Å².